The molecule has 0 spiro atoms. The molecule has 0 radical (unpaired) electrons. The van der Waals surface area contributed by atoms with E-state index in [1.807, 2.05) is 66.7 Å². The Bertz CT molecular complexity index is 1130. The number of Topliss-reactive ketones (excluding diaryl/α,β-unsaturated/α-hetero) is 1. The van der Waals surface area contributed by atoms with Crippen molar-refractivity contribution in [3.63, 3.8) is 0 Å². The van der Waals surface area contributed by atoms with Crippen LogP contribution in [-0.2, 0) is 11.3 Å². The van der Waals surface area contributed by atoms with Crippen LogP contribution in [-0.4, -0.2) is 36.8 Å². The number of rotatable bonds is 7. The van der Waals surface area contributed by atoms with Gasteiger partial charge in [-0.1, -0.05) is 42.5 Å². The predicted molar refractivity (Wildman–Crippen MR) is 132 cm³/mol. The Morgan fingerprint density at radius 1 is 0.939 bits per heavy atom. The normalized spacial score (nSPS) is 14.6. The van der Waals surface area contributed by atoms with Crippen molar-refractivity contribution >= 4 is 17.4 Å². The molecule has 3 aromatic carbocycles. The molecule has 4 rings (SSSR count). The maximum atomic E-state index is 12.9. The second-order valence-corrected chi connectivity index (χ2v) is 8.61. The molecular weight excluding hydrogens is 412 g/mol. The molecule has 33 heavy (non-hydrogen) atoms. The molecule has 0 aromatic heterocycles. The lowest BCUT2D eigenvalue weighted by atomic mass is 9.95. The van der Waals surface area contributed by atoms with Gasteiger partial charge in [-0.15, -0.1) is 0 Å². The van der Waals surface area contributed by atoms with Gasteiger partial charge in [-0.25, -0.2) is 0 Å². The van der Waals surface area contributed by atoms with Crippen LogP contribution in [0.25, 0.3) is 11.1 Å². The summed E-state index contributed by atoms with van der Waals surface area (Å²) in [5.74, 6) is 0.978. The maximum absolute atomic E-state index is 12.9. The SMILES string of the molecule is COc1cccc(-c2cccc(NC(=O)C3CCN(Cc4cccc(C(C)=O)c4)CC3)c2)c1. The summed E-state index contributed by atoms with van der Waals surface area (Å²) in [6.07, 6.45) is 1.65. The fraction of sp³-hybridized carbons (Fsp3) is 0.286. The van der Waals surface area contributed by atoms with Crippen LogP contribution < -0.4 is 10.1 Å². The molecule has 0 unspecified atom stereocenters. The van der Waals surface area contributed by atoms with Crippen molar-refractivity contribution < 1.29 is 14.3 Å². The smallest absolute Gasteiger partial charge is 0.227 e. The summed E-state index contributed by atoms with van der Waals surface area (Å²) in [6, 6.07) is 23.6. The molecule has 5 nitrogen and oxygen atoms in total. The van der Waals surface area contributed by atoms with E-state index in [1.165, 1.54) is 0 Å². The standard InChI is InChI=1S/C28H30N2O3/c1-20(31)23-7-3-6-21(16-23)19-30-14-12-22(13-15-30)28(32)29-26-10-4-8-24(17-26)25-9-5-11-27(18-25)33-2/h3-11,16-18,22H,12-15,19H2,1-2H3,(H,29,32). The summed E-state index contributed by atoms with van der Waals surface area (Å²) in [4.78, 5) is 26.9. The first kappa shape index (κ1) is 22.7. The van der Waals surface area contributed by atoms with E-state index in [4.69, 9.17) is 4.74 Å². The third kappa shape index (κ3) is 5.88. The average Bonchev–Trinajstić information content (AvgIpc) is 2.85. The largest absolute Gasteiger partial charge is 0.497 e. The Balaban J connectivity index is 1.33. The molecule has 1 aliphatic heterocycles. The van der Waals surface area contributed by atoms with Gasteiger partial charge in [0.15, 0.2) is 5.78 Å². The zero-order valence-corrected chi connectivity index (χ0v) is 19.2. The number of hydrogen-bond donors (Lipinski definition) is 1. The number of hydrogen-bond acceptors (Lipinski definition) is 4. The first-order valence-electron chi connectivity index (χ1n) is 11.4. The topological polar surface area (TPSA) is 58.6 Å². The number of benzene rings is 3. The average molecular weight is 443 g/mol. The Labute approximate surface area is 195 Å². The van der Waals surface area contributed by atoms with Gasteiger partial charge in [0, 0.05) is 23.7 Å². The van der Waals surface area contributed by atoms with Crippen LogP contribution in [0.2, 0.25) is 0 Å². The zero-order valence-electron chi connectivity index (χ0n) is 19.2. The van der Waals surface area contributed by atoms with E-state index < -0.39 is 0 Å². The second-order valence-electron chi connectivity index (χ2n) is 8.61. The molecule has 3 aromatic rings. The van der Waals surface area contributed by atoms with Gasteiger partial charge >= 0.3 is 0 Å². The fourth-order valence-electron chi connectivity index (χ4n) is 4.32. The first-order chi connectivity index (χ1) is 16.0. The molecule has 0 atom stereocenters. The lowest BCUT2D eigenvalue weighted by Crippen LogP contribution is -2.37. The van der Waals surface area contributed by atoms with Crippen molar-refractivity contribution in [2.45, 2.75) is 26.3 Å². The quantitative estimate of drug-likeness (QED) is 0.497. The molecule has 0 saturated carbocycles. The van der Waals surface area contributed by atoms with Gasteiger partial charge in [-0.3, -0.25) is 14.5 Å². The van der Waals surface area contributed by atoms with Crippen LogP contribution in [0, 0.1) is 5.92 Å². The molecule has 1 amide bonds. The van der Waals surface area contributed by atoms with Crippen LogP contribution in [0.5, 0.6) is 5.75 Å². The number of nitrogens with one attached hydrogen (secondary N) is 1. The minimum absolute atomic E-state index is 0.00489. The van der Waals surface area contributed by atoms with Crippen LogP contribution in [0.15, 0.2) is 72.8 Å². The van der Waals surface area contributed by atoms with Crippen molar-refractivity contribution in [2.24, 2.45) is 5.92 Å². The molecule has 5 heteroatoms. The number of carbonyl (C=O) groups is 2. The van der Waals surface area contributed by atoms with Crippen LogP contribution in [0.4, 0.5) is 5.69 Å². The maximum Gasteiger partial charge on any atom is 0.227 e. The van der Waals surface area contributed by atoms with E-state index in [-0.39, 0.29) is 17.6 Å². The number of nitrogens with zero attached hydrogens (tertiary/aromatic N) is 1. The highest BCUT2D eigenvalue weighted by Gasteiger charge is 2.25. The summed E-state index contributed by atoms with van der Waals surface area (Å²) in [5, 5.41) is 3.11. The molecule has 170 valence electrons. The minimum atomic E-state index is 0.00489. The summed E-state index contributed by atoms with van der Waals surface area (Å²) in [5.41, 5.74) is 4.78. The zero-order chi connectivity index (χ0) is 23.2. The van der Waals surface area contributed by atoms with E-state index in [1.54, 1.807) is 14.0 Å². The summed E-state index contributed by atoms with van der Waals surface area (Å²) < 4.78 is 5.32. The monoisotopic (exact) mass is 442 g/mol. The van der Waals surface area contributed by atoms with Crippen molar-refractivity contribution in [1.82, 2.24) is 4.90 Å². The Hall–Kier alpha value is -3.44. The molecule has 1 saturated heterocycles. The molecule has 1 fully saturated rings. The summed E-state index contributed by atoms with van der Waals surface area (Å²) in [7, 11) is 1.66. The summed E-state index contributed by atoms with van der Waals surface area (Å²) in [6.45, 7) is 4.13. The van der Waals surface area contributed by atoms with E-state index in [0.717, 1.165) is 66.2 Å². The predicted octanol–water partition coefficient (Wildman–Crippen LogP) is 5.42. The summed E-state index contributed by atoms with van der Waals surface area (Å²) >= 11 is 0. The van der Waals surface area contributed by atoms with Crippen LogP contribution >= 0.6 is 0 Å². The van der Waals surface area contributed by atoms with Gasteiger partial charge < -0.3 is 10.1 Å². The molecular formula is C28H30N2O3. The number of ketones is 1. The number of anilines is 1. The van der Waals surface area contributed by atoms with Crippen molar-refractivity contribution in [3.8, 4) is 16.9 Å². The van der Waals surface area contributed by atoms with Gasteiger partial charge in [-0.05, 0) is 79.9 Å². The Morgan fingerprint density at radius 3 is 2.36 bits per heavy atom. The Morgan fingerprint density at radius 2 is 1.64 bits per heavy atom. The number of piperidine rings is 1. The van der Waals surface area contributed by atoms with Crippen LogP contribution in [0.3, 0.4) is 0 Å². The van der Waals surface area contributed by atoms with Crippen LogP contribution in [0.1, 0.15) is 35.7 Å². The van der Waals surface area contributed by atoms with Gasteiger partial charge in [0.2, 0.25) is 5.91 Å². The first-order valence-corrected chi connectivity index (χ1v) is 11.4. The number of amides is 1. The van der Waals surface area contributed by atoms with E-state index in [0.29, 0.717) is 0 Å². The number of likely N-dealkylation sites (tertiary alicyclic amines) is 1. The molecule has 0 aliphatic carbocycles. The molecule has 1 aliphatic rings. The van der Waals surface area contributed by atoms with E-state index in [2.05, 4.69) is 16.3 Å². The molecule has 1 heterocycles. The third-order valence-electron chi connectivity index (χ3n) is 6.23. The number of methoxy groups -OCH3 is 1. The number of carbonyl (C=O) groups excluding carboxylic acids is 2. The molecule has 0 bridgehead atoms. The van der Waals surface area contributed by atoms with Crippen molar-refractivity contribution in [3.05, 3.63) is 83.9 Å². The van der Waals surface area contributed by atoms with E-state index in [9.17, 15) is 9.59 Å². The minimum Gasteiger partial charge on any atom is -0.497 e. The van der Waals surface area contributed by atoms with Crippen molar-refractivity contribution in [1.29, 1.82) is 0 Å². The lowest BCUT2D eigenvalue weighted by Gasteiger charge is -2.31. The fourth-order valence-corrected chi connectivity index (χ4v) is 4.32. The van der Waals surface area contributed by atoms with E-state index >= 15 is 0 Å². The van der Waals surface area contributed by atoms with Crippen molar-refractivity contribution in [2.75, 3.05) is 25.5 Å². The lowest BCUT2D eigenvalue weighted by molar-refractivity contribution is -0.121. The Kier molecular flexibility index (Phi) is 7.20. The highest BCUT2D eigenvalue weighted by Crippen LogP contribution is 2.27. The third-order valence-corrected chi connectivity index (χ3v) is 6.23. The van der Waals surface area contributed by atoms with Gasteiger partial charge in [0.25, 0.3) is 0 Å². The second kappa shape index (κ2) is 10.5. The number of ether oxygens (including phenoxy) is 1. The van der Waals surface area contributed by atoms with Gasteiger partial charge in [0.1, 0.15) is 5.75 Å². The van der Waals surface area contributed by atoms with Gasteiger partial charge in [0.05, 0.1) is 7.11 Å². The molecule has 1 N–H and O–H groups in total. The van der Waals surface area contributed by atoms with Gasteiger partial charge in [-0.2, -0.15) is 0 Å². The highest BCUT2D eigenvalue weighted by atomic mass is 16.5. The highest BCUT2D eigenvalue weighted by molar-refractivity contribution is 5.94.